The van der Waals surface area contributed by atoms with Gasteiger partial charge in [-0.1, -0.05) is 18.6 Å². The number of H-pyrrole nitrogens is 1. The van der Waals surface area contributed by atoms with Crippen molar-refractivity contribution in [1.29, 1.82) is 0 Å². The van der Waals surface area contributed by atoms with Gasteiger partial charge in [0.2, 0.25) is 0 Å². The summed E-state index contributed by atoms with van der Waals surface area (Å²) in [5.74, 6) is 0.706. The van der Waals surface area contributed by atoms with E-state index >= 15 is 0 Å². The third-order valence-corrected chi connectivity index (χ3v) is 3.62. The highest BCUT2D eigenvalue weighted by Gasteiger charge is 2.25. The minimum absolute atomic E-state index is 0. The molecule has 86 valence electrons. The van der Waals surface area contributed by atoms with Gasteiger partial charge in [-0.2, -0.15) is 0 Å². The second kappa shape index (κ2) is 4.48. The van der Waals surface area contributed by atoms with E-state index in [9.17, 15) is 0 Å². The second-order valence-corrected chi connectivity index (χ2v) is 4.54. The smallest absolute Gasteiger partial charge is 0.0457 e. The van der Waals surface area contributed by atoms with Crippen LogP contribution in [0.25, 0.3) is 10.9 Å². The molecule has 0 bridgehead atoms. The number of nitrogens with two attached hydrogens (primary N) is 1. The molecule has 16 heavy (non-hydrogen) atoms. The average Bonchev–Trinajstić information content (AvgIpc) is 2.61. The number of halogens is 1. The molecule has 0 spiro atoms. The van der Waals surface area contributed by atoms with Gasteiger partial charge >= 0.3 is 0 Å². The van der Waals surface area contributed by atoms with E-state index in [0.717, 1.165) is 0 Å². The Morgan fingerprint density at radius 3 is 2.75 bits per heavy atom. The predicted molar refractivity (Wildman–Crippen MR) is 69.8 cm³/mol. The maximum Gasteiger partial charge on any atom is 0.0457 e. The van der Waals surface area contributed by atoms with Gasteiger partial charge in [-0.15, -0.1) is 12.4 Å². The first kappa shape index (κ1) is 11.5. The van der Waals surface area contributed by atoms with Crippen LogP contribution in [-0.2, 0) is 0 Å². The van der Waals surface area contributed by atoms with Gasteiger partial charge in [-0.05, 0) is 41.8 Å². The van der Waals surface area contributed by atoms with E-state index in [2.05, 4.69) is 29.2 Å². The van der Waals surface area contributed by atoms with Gasteiger partial charge in [0.1, 0.15) is 0 Å². The van der Waals surface area contributed by atoms with Crippen molar-refractivity contribution in [3.63, 3.8) is 0 Å². The quantitative estimate of drug-likeness (QED) is 0.825. The molecule has 1 aliphatic carbocycles. The number of fused-ring (bicyclic) bond motifs is 1. The Hall–Kier alpha value is -0.990. The molecule has 2 nitrogen and oxygen atoms in total. The number of hydrogen-bond donors (Lipinski definition) is 2. The second-order valence-electron chi connectivity index (χ2n) is 4.54. The maximum atomic E-state index is 6.25. The Morgan fingerprint density at radius 2 is 2.06 bits per heavy atom. The molecule has 3 N–H and O–H groups in total. The zero-order chi connectivity index (χ0) is 10.3. The zero-order valence-corrected chi connectivity index (χ0v) is 9.96. The van der Waals surface area contributed by atoms with Crippen molar-refractivity contribution >= 4 is 23.3 Å². The van der Waals surface area contributed by atoms with E-state index in [1.54, 1.807) is 0 Å². The van der Waals surface area contributed by atoms with Crippen LogP contribution in [0.2, 0.25) is 0 Å². The molecule has 0 unspecified atom stereocenters. The molecule has 2 aromatic rings. The van der Waals surface area contributed by atoms with E-state index in [1.165, 1.54) is 35.7 Å². The molecule has 1 aliphatic rings. The Labute approximate surface area is 102 Å². The molecule has 0 radical (unpaired) electrons. The van der Waals surface area contributed by atoms with E-state index in [0.29, 0.717) is 5.92 Å². The summed E-state index contributed by atoms with van der Waals surface area (Å²) in [5, 5.41) is 1.26. The van der Waals surface area contributed by atoms with Gasteiger partial charge in [0, 0.05) is 17.8 Å². The fourth-order valence-corrected chi connectivity index (χ4v) is 2.34. The molecule has 1 saturated carbocycles. The summed E-state index contributed by atoms with van der Waals surface area (Å²) < 4.78 is 0. The fourth-order valence-electron chi connectivity index (χ4n) is 2.34. The summed E-state index contributed by atoms with van der Waals surface area (Å²) in [7, 11) is 0. The number of aromatic nitrogens is 1. The molecule has 3 heteroatoms. The van der Waals surface area contributed by atoms with Gasteiger partial charge in [-0.3, -0.25) is 0 Å². The SMILES string of the molecule is Cl.N[C@@H](c1ccc2cc[nH]c2c1)C1CCC1. The lowest BCUT2D eigenvalue weighted by molar-refractivity contribution is 0.264. The van der Waals surface area contributed by atoms with Crippen LogP contribution in [0.5, 0.6) is 0 Å². The Bertz CT molecular complexity index is 473. The Morgan fingerprint density at radius 1 is 1.25 bits per heavy atom. The predicted octanol–water partition coefficient (Wildman–Crippen LogP) is 3.39. The highest BCUT2D eigenvalue weighted by Crippen LogP contribution is 2.36. The van der Waals surface area contributed by atoms with Crippen molar-refractivity contribution in [2.45, 2.75) is 25.3 Å². The van der Waals surface area contributed by atoms with Crippen LogP contribution in [0, 0.1) is 5.92 Å². The van der Waals surface area contributed by atoms with E-state index in [4.69, 9.17) is 5.73 Å². The van der Waals surface area contributed by atoms with E-state index < -0.39 is 0 Å². The van der Waals surface area contributed by atoms with Gasteiger partial charge in [0.15, 0.2) is 0 Å². The highest BCUT2D eigenvalue weighted by molar-refractivity contribution is 5.85. The lowest BCUT2D eigenvalue weighted by Crippen LogP contribution is -2.26. The lowest BCUT2D eigenvalue weighted by Gasteiger charge is -2.31. The summed E-state index contributed by atoms with van der Waals surface area (Å²) in [6.45, 7) is 0. The van der Waals surface area contributed by atoms with Crippen LogP contribution in [0.3, 0.4) is 0 Å². The third-order valence-electron chi connectivity index (χ3n) is 3.62. The lowest BCUT2D eigenvalue weighted by atomic mass is 9.77. The van der Waals surface area contributed by atoms with Crippen LogP contribution in [0.1, 0.15) is 30.9 Å². The van der Waals surface area contributed by atoms with Crippen molar-refractivity contribution in [2.75, 3.05) is 0 Å². The number of rotatable bonds is 2. The Kier molecular flexibility index (Phi) is 3.22. The maximum absolute atomic E-state index is 6.25. The fraction of sp³-hybridized carbons (Fsp3) is 0.385. The largest absolute Gasteiger partial charge is 0.361 e. The van der Waals surface area contributed by atoms with Gasteiger partial charge in [-0.25, -0.2) is 0 Å². The summed E-state index contributed by atoms with van der Waals surface area (Å²) >= 11 is 0. The minimum atomic E-state index is 0. The van der Waals surface area contributed by atoms with Crippen LogP contribution in [0.4, 0.5) is 0 Å². The standard InChI is InChI=1S/C13H16N2.ClH/c14-13(10-2-1-3-10)11-5-4-9-6-7-15-12(9)8-11;/h4-8,10,13,15H,1-3,14H2;1H/t13-;/m1./s1. The Balaban J connectivity index is 0.000000963. The monoisotopic (exact) mass is 236 g/mol. The molecule has 0 amide bonds. The number of benzene rings is 1. The van der Waals surface area contributed by atoms with E-state index in [1.807, 2.05) is 6.20 Å². The van der Waals surface area contributed by atoms with E-state index in [-0.39, 0.29) is 18.4 Å². The average molecular weight is 237 g/mol. The highest BCUT2D eigenvalue weighted by atomic mass is 35.5. The summed E-state index contributed by atoms with van der Waals surface area (Å²) in [6, 6.07) is 8.83. The summed E-state index contributed by atoms with van der Waals surface area (Å²) in [5.41, 5.74) is 8.72. The zero-order valence-electron chi connectivity index (χ0n) is 9.15. The molecule has 1 atom stereocenters. The van der Waals surface area contributed by atoms with Crippen molar-refractivity contribution in [3.8, 4) is 0 Å². The molecule has 1 aromatic carbocycles. The first-order valence-corrected chi connectivity index (χ1v) is 5.67. The molecule has 0 aliphatic heterocycles. The first-order valence-electron chi connectivity index (χ1n) is 5.67. The third kappa shape index (κ3) is 1.83. The van der Waals surface area contributed by atoms with Crippen LogP contribution >= 0.6 is 12.4 Å². The first-order chi connectivity index (χ1) is 7.34. The summed E-state index contributed by atoms with van der Waals surface area (Å²) in [6.07, 6.45) is 5.92. The molecule has 1 aromatic heterocycles. The van der Waals surface area contributed by atoms with Crippen molar-refractivity contribution in [3.05, 3.63) is 36.0 Å². The molecular formula is C13H17ClN2. The normalized spacial score (nSPS) is 17.8. The van der Waals surface area contributed by atoms with Crippen molar-refractivity contribution in [1.82, 2.24) is 4.98 Å². The van der Waals surface area contributed by atoms with Gasteiger partial charge in [0.05, 0.1) is 0 Å². The van der Waals surface area contributed by atoms with Gasteiger partial charge in [0.25, 0.3) is 0 Å². The van der Waals surface area contributed by atoms with Crippen LogP contribution < -0.4 is 5.73 Å². The van der Waals surface area contributed by atoms with Crippen LogP contribution in [-0.4, -0.2) is 4.98 Å². The number of nitrogens with one attached hydrogen (secondary N) is 1. The van der Waals surface area contributed by atoms with Crippen molar-refractivity contribution < 1.29 is 0 Å². The van der Waals surface area contributed by atoms with Gasteiger partial charge < -0.3 is 10.7 Å². The molecule has 1 fully saturated rings. The topological polar surface area (TPSA) is 41.8 Å². The van der Waals surface area contributed by atoms with Crippen molar-refractivity contribution in [2.24, 2.45) is 11.7 Å². The molecule has 1 heterocycles. The minimum Gasteiger partial charge on any atom is -0.361 e. The molecule has 3 rings (SSSR count). The van der Waals surface area contributed by atoms with Crippen LogP contribution in [0.15, 0.2) is 30.5 Å². The molecular weight excluding hydrogens is 220 g/mol. The number of hydrogen-bond acceptors (Lipinski definition) is 1. The number of aromatic amines is 1. The molecule has 0 saturated heterocycles. The summed E-state index contributed by atoms with van der Waals surface area (Å²) in [4.78, 5) is 3.23.